The normalized spacial score (nSPS) is 10.8. The lowest BCUT2D eigenvalue weighted by atomic mass is 10.0. The van der Waals surface area contributed by atoms with Gasteiger partial charge < -0.3 is 0 Å². The van der Waals surface area contributed by atoms with Crippen LogP contribution in [-0.4, -0.2) is 9.91 Å². The van der Waals surface area contributed by atoms with Gasteiger partial charge in [0.25, 0.3) is 5.69 Å². The summed E-state index contributed by atoms with van der Waals surface area (Å²) in [4.78, 5) is 14.6. The van der Waals surface area contributed by atoms with Gasteiger partial charge in [-0.25, -0.2) is 0 Å². The molecule has 4 nitrogen and oxygen atoms in total. The van der Waals surface area contributed by atoms with Crippen LogP contribution in [0.25, 0.3) is 21.7 Å². The van der Waals surface area contributed by atoms with E-state index in [2.05, 4.69) is 4.98 Å². The van der Waals surface area contributed by atoms with Crippen molar-refractivity contribution >= 4 is 27.4 Å². The van der Waals surface area contributed by atoms with Gasteiger partial charge >= 0.3 is 0 Å². The Morgan fingerprint density at radius 3 is 2.71 bits per heavy atom. The van der Waals surface area contributed by atoms with Gasteiger partial charge in [-0.3, -0.25) is 15.1 Å². The van der Waals surface area contributed by atoms with Crippen molar-refractivity contribution in [2.24, 2.45) is 0 Å². The first-order valence-corrected chi connectivity index (χ1v) is 5.17. The smallest absolute Gasteiger partial charge is 0.258 e. The van der Waals surface area contributed by atoms with Gasteiger partial charge in [-0.2, -0.15) is 0 Å². The van der Waals surface area contributed by atoms with E-state index >= 15 is 0 Å². The van der Waals surface area contributed by atoms with Crippen molar-refractivity contribution in [2.75, 3.05) is 0 Å². The average Bonchev–Trinajstić information content (AvgIpc) is 2.38. The lowest BCUT2D eigenvalue weighted by Gasteiger charge is -2.02. The third kappa shape index (κ3) is 1.50. The van der Waals surface area contributed by atoms with E-state index in [0.29, 0.717) is 0 Å². The third-order valence-electron chi connectivity index (χ3n) is 2.80. The average molecular weight is 224 g/mol. The molecule has 0 N–H and O–H groups in total. The van der Waals surface area contributed by atoms with Gasteiger partial charge in [0.2, 0.25) is 0 Å². The first-order valence-electron chi connectivity index (χ1n) is 5.17. The highest BCUT2D eigenvalue weighted by atomic mass is 16.6. The Kier molecular flexibility index (Phi) is 2.01. The molecule has 1 heterocycles. The summed E-state index contributed by atoms with van der Waals surface area (Å²) < 4.78 is 0. The Labute approximate surface area is 96.7 Å². The summed E-state index contributed by atoms with van der Waals surface area (Å²) >= 11 is 0. The summed E-state index contributed by atoms with van der Waals surface area (Å²) in [6.45, 7) is 0. The van der Waals surface area contributed by atoms with Crippen LogP contribution >= 0.6 is 0 Å². The Hall–Kier alpha value is -2.49. The van der Waals surface area contributed by atoms with Crippen LogP contribution in [-0.2, 0) is 0 Å². The molecule has 1 aromatic heterocycles. The van der Waals surface area contributed by atoms with Crippen LogP contribution in [0.2, 0.25) is 0 Å². The fraction of sp³-hybridized carbons (Fsp3) is 0. The number of fused-ring (bicyclic) bond motifs is 3. The molecular weight excluding hydrogens is 216 g/mol. The molecule has 0 aliphatic carbocycles. The largest absolute Gasteiger partial charge is 0.270 e. The molecule has 0 saturated heterocycles. The number of nitro groups is 1. The maximum atomic E-state index is 10.8. The number of benzene rings is 2. The highest BCUT2D eigenvalue weighted by Gasteiger charge is 2.08. The van der Waals surface area contributed by atoms with Crippen LogP contribution in [0, 0.1) is 10.1 Å². The van der Waals surface area contributed by atoms with Crippen molar-refractivity contribution < 1.29 is 4.92 Å². The third-order valence-corrected chi connectivity index (χ3v) is 2.80. The zero-order valence-electron chi connectivity index (χ0n) is 8.83. The molecule has 4 heteroatoms. The number of nitro benzene ring substituents is 1. The molecule has 3 aromatic rings. The molecule has 0 atom stereocenters. The van der Waals surface area contributed by atoms with Crippen molar-refractivity contribution in [3.05, 3.63) is 58.8 Å². The lowest BCUT2D eigenvalue weighted by Crippen LogP contribution is -1.88. The Bertz CT molecular complexity index is 738. The number of hydrogen-bond acceptors (Lipinski definition) is 3. The monoisotopic (exact) mass is 224 g/mol. The Balaban J connectivity index is 2.46. The van der Waals surface area contributed by atoms with E-state index in [0.717, 1.165) is 21.7 Å². The molecule has 0 spiro atoms. The van der Waals surface area contributed by atoms with E-state index in [1.807, 2.05) is 24.3 Å². The predicted octanol–water partition coefficient (Wildman–Crippen LogP) is 3.30. The van der Waals surface area contributed by atoms with Gasteiger partial charge in [-0.05, 0) is 29.0 Å². The molecule has 0 bridgehead atoms. The summed E-state index contributed by atoms with van der Waals surface area (Å²) in [7, 11) is 0. The molecule has 0 aliphatic heterocycles. The van der Waals surface area contributed by atoms with Crippen LogP contribution in [0.1, 0.15) is 0 Å². The summed E-state index contributed by atoms with van der Waals surface area (Å²) in [6, 6.07) is 12.5. The minimum atomic E-state index is -0.380. The zero-order valence-corrected chi connectivity index (χ0v) is 8.83. The standard InChI is InChI=1S/C13H8N2O2/c16-15(17)10-5-3-9-4-6-13-11(12(9)8-10)2-1-7-14-13/h1-8H. The highest BCUT2D eigenvalue weighted by Crippen LogP contribution is 2.27. The fourth-order valence-electron chi connectivity index (χ4n) is 1.98. The van der Waals surface area contributed by atoms with Crippen LogP contribution in [0.15, 0.2) is 48.7 Å². The lowest BCUT2D eigenvalue weighted by molar-refractivity contribution is -0.384. The summed E-state index contributed by atoms with van der Waals surface area (Å²) in [5.41, 5.74) is 0.953. The number of rotatable bonds is 1. The van der Waals surface area contributed by atoms with E-state index < -0.39 is 0 Å². The van der Waals surface area contributed by atoms with Gasteiger partial charge in [0.05, 0.1) is 10.4 Å². The topological polar surface area (TPSA) is 56.0 Å². The molecule has 0 unspecified atom stereocenters. The number of nitrogens with zero attached hydrogens (tertiary/aromatic N) is 2. The van der Waals surface area contributed by atoms with Gasteiger partial charge in [0.1, 0.15) is 0 Å². The summed E-state index contributed by atoms with van der Waals surface area (Å²) in [5.74, 6) is 0. The van der Waals surface area contributed by atoms with Crippen molar-refractivity contribution in [3.63, 3.8) is 0 Å². The van der Waals surface area contributed by atoms with Crippen LogP contribution in [0.3, 0.4) is 0 Å². The second kappa shape index (κ2) is 3.52. The molecule has 3 rings (SSSR count). The number of pyridine rings is 1. The molecule has 0 aliphatic rings. The van der Waals surface area contributed by atoms with Gasteiger partial charge in [0, 0.05) is 23.7 Å². The number of aromatic nitrogens is 1. The van der Waals surface area contributed by atoms with Crippen LogP contribution in [0.5, 0.6) is 0 Å². The SMILES string of the molecule is O=[N+]([O-])c1ccc2ccc3ncccc3c2c1. The van der Waals surface area contributed by atoms with E-state index in [9.17, 15) is 10.1 Å². The van der Waals surface area contributed by atoms with E-state index in [1.54, 1.807) is 18.3 Å². The molecular formula is C13H8N2O2. The van der Waals surface area contributed by atoms with Crippen molar-refractivity contribution in [1.82, 2.24) is 4.98 Å². The number of non-ortho nitro benzene ring substituents is 1. The zero-order chi connectivity index (χ0) is 11.8. The van der Waals surface area contributed by atoms with Crippen molar-refractivity contribution in [2.45, 2.75) is 0 Å². The fourth-order valence-corrected chi connectivity index (χ4v) is 1.98. The maximum absolute atomic E-state index is 10.8. The molecule has 0 fully saturated rings. The van der Waals surface area contributed by atoms with Gasteiger partial charge in [-0.15, -0.1) is 0 Å². The highest BCUT2D eigenvalue weighted by molar-refractivity contribution is 6.06. The van der Waals surface area contributed by atoms with Gasteiger partial charge in [-0.1, -0.05) is 12.1 Å². The first-order chi connectivity index (χ1) is 8.25. The molecule has 0 radical (unpaired) electrons. The number of hydrogen-bond donors (Lipinski definition) is 0. The predicted molar refractivity (Wildman–Crippen MR) is 65.9 cm³/mol. The van der Waals surface area contributed by atoms with E-state index in [1.165, 1.54) is 6.07 Å². The first kappa shape index (κ1) is 9.72. The molecule has 0 amide bonds. The minimum Gasteiger partial charge on any atom is -0.258 e. The molecule has 17 heavy (non-hydrogen) atoms. The maximum Gasteiger partial charge on any atom is 0.270 e. The second-order valence-electron chi connectivity index (χ2n) is 3.80. The van der Waals surface area contributed by atoms with Gasteiger partial charge in [0.15, 0.2) is 0 Å². The second-order valence-corrected chi connectivity index (χ2v) is 3.80. The van der Waals surface area contributed by atoms with Crippen LogP contribution < -0.4 is 0 Å². The molecule has 2 aromatic carbocycles. The quantitative estimate of drug-likeness (QED) is 0.362. The van der Waals surface area contributed by atoms with Crippen molar-refractivity contribution in [3.8, 4) is 0 Å². The summed E-state index contributed by atoms with van der Waals surface area (Å²) in [6.07, 6.45) is 1.71. The van der Waals surface area contributed by atoms with Crippen molar-refractivity contribution in [1.29, 1.82) is 0 Å². The summed E-state index contributed by atoms with van der Waals surface area (Å²) in [5, 5.41) is 13.6. The molecule has 82 valence electrons. The minimum absolute atomic E-state index is 0.105. The van der Waals surface area contributed by atoms with E-state index in [4.69, 9.17) is 0 Å². The Morgan fingerprint density at radius 1 is 1.06 bits per heavy atom. The van der Waals surface area contributed by atoms with Crippen LogP contribution in [0.4, 0.5) is 5.69 Å². The van der Waals surface area contributed by atoms with E-state index in [-0.39, 0.29) is 10.6 Å². The Morgan fingerprint density at radius 2 is 1.88 bits per heavy atom. The molecule has 0 saturated carbocycles.